The summed E-state index contributed by atoms with van der Waals surface area (Å²) in [5, 5.41) is 20.0. The summed E-state index contributed by atoms with van der Waals surface area (Å²) in [5.74, 6) is -0.00178. The number of thioether (sulfide) groups is 1. The maximum absolute atomic E-state index is 11.6. The van der Waals surface area contributed by atoms with E-state index in [-0.39, 0.29) is 6.42 Å². The van der Waals surface area contributed by atoms with E-state index in [0.717, 1.165) is 24.3 Å². The highest BCUT2D eigenvalue weighted by Crippen LogP contribution is 2.34. The molecule has 6 heteroatoms. The van der Waals surface area contributed by atoms with Crippen LogP contribution in [0.15, 0.2) is 12.3 Å². The average Bonchev–Trinajstić information content (AvgIpc) is 3.34. The zero-order valence-corrected chi connectivity index (χ0v) is 15.3. The van der Waals surface area contributed by atoms with Crippen molar-refractivity contribution in [1.82, 2.24) is 4.98 Å². The highest BCUT2D eigenvalue weighted by molar-refractivity contribution is 7.98. The van der Waals surface area contributed by atoms with Gasteiger partial charge in [0.25, 0.3) is 0 Å². The van der Waals surface area contributed by atoms with Crippen molar-refractivity contribution in [2.75, 3.05) is 12.0 Å². The molecule has 5 nitrogen and oxygen atoms in total. The van der Waals surface area contributed by atoms with Gasteiger partial charge in [0, 0.05) is 24.1 Å². The minimum absolute atomic E-state index is 0.0695. The van der Waals surface area contributed by atoms with E-state index in [1.165, 1.54) is 36.6 Å². The Morgan fingerprint density at radius 2 is 2.25 bits per heavy atom. The van der Waals surface area contributed by atoms with Gasteiger partial charge in [0.1, 0.15) is 0 Å². The Balaban J connectivity index is 2.09. The van der Waals surface area contributed by atoms with Crippen LogP contribution >= 0.6 is 11.8 Å². The maximum Gasteiger partial charge on any atom is 0.337 e. The SMILES string of the molecule is CSC[C@H](N)C(O)(Cc1cc(CCCC2CC2)c(C)cn1)C(=O)O. The minimum Gasteiger partial charge on any atom is -0.479 e. The molecule has 0 saturated heterocycles. The van der Waals surface area contributed by atoms with Crippen molar-refractivity contribution in [2.45, 2.75) is 57.1 Å². The van der Waals surface area contributed by atoms with Gasteiger partial charge in [-0.2, -0.15) is 11.8 Å². The van der Waals surface area contributed by atoms with Crippen LogP contribution in [0.1, 0.15) is 42.5 Å². The van der Waals surface area contributed by atoms with Crippen LogP contribution in [0.5, 0.6) is 0 Å². The van der Waals surface area contributed by atoms with E-state index < -0.39 is 17.6 Å². The number of carboxylic acids is 1. The van der Waals surface area contributed by atoms with Crippen molar-refractivity contribution in [3.05, 3.63) is 29.1 Å². The van der Waals surface area contributed by atoms with E-state index in [1.54, 1.807) is 6.20 Å². The number of aliphatic hydroxyl groups is 1. The molecule has 1 fully saturated rings. The van der Waals surface area contributed by atoms with E-state index in [2.05, 4.69) is 4.98 Å². The van der Waals surface area contributed by atoms with Gasteiger partial charge in [-0.3, -0.25) is 4.98 Å². The van der Waals surface area contributed by atoms with Gasteiger partial charge in [0.05, 0.1) is 6.04 Å². The second-order valence-electron chi connectivity index (χ2n) is 6.91. The summed E-state index contributed by atoms with van der Waals surface area (Å²) in [6.45, 7) is 2.02. The summed E-state index contributed by atoms with van der Waals surface area (Å²) < 4.78 is 0. The lowest BCUT2D eigenvalue weighted by atomic mass is 9.89. The Labute approximate surface area is 148 Å². The molecule has 1 aromatic rings. The first-order valence-electron chi connectivity index (χ1n) is 8.51. The van der Waals surface area contributed by atoms with Crippen molar-refractivity contribution in [3.63, 3.8) is 0 Å². The number of rotatable bonds is 10. The van der Waals surface area contributed by atoms with Gasteiger partial charge >= 0.3 is 5.97 Å². The molecule has 0 radical (unpaired) electrons. The molecule has 1 aliphatic carbocycles. The van der Waals surface area contributed by atoms with E-state index >= 15 is 0 Å². The number of carboxylic acid groups (broad SMARTS) is 1. The first-order valence-corrected chi connectivity index (χ1v) is 9.91. The lowest BCUT2D eigenvalue weighted by Crippen LogP contribution is -2.57. The third-order valence-electron chi connectivity index (χ3n) is 4.81. The topological polar surface area (TPSA) is 96.4 Å². The van der Waals surface area contributed by atoms with Crippen LogP contribution < -0.4 is 5.73 Å². The molecule has 1 saturated carbocycles. The molecule has 1 aliphatic rings. The number of pyridine rings is 1. The fourth-order valence-corrected chi connectivity index (χ4v) is 3.56. The van der Waals surface area contributed by atoms with Crippen LogP contribution in [0.2, 0.25) is 0 Å². The molecule has 0 aromatic carbocycles. The molecule has 0 spiro atoms. The Bertz CT molecular complexity index is 577. The predicted octanol–water partition coefficient (Wildman–Crippen LogP) is 2.17. The van der Waals surface area contributed by atoms with Crippen LogP contribution in [-0.2, 0) is 17.6 Å². The third kappa shape index (κ3) is 4.94. The summed E-state index contributed by atoms with van der Waals surface area (Å²) in [7, 11) is 0. The van der Waals surface area contributed by atoms with Crippen molar-refractivity contribution in [3.8, 4) is 0 Å². The lowest BCUT2D eigenvalue weighted by Gasteiger charge is -2.29. The van der Waals surface area contributed by atoms with Crippen LogP contribution in [0, 0.1) is 12.8 Å². The molecule has 134 valence electrons. The second-order valence-corrected chi connectivity index (χ2v) is 7.82. The Morgan fingerprint density at radius 1 is 1.54 bits per heavy atom. The second kappa shape index (κ2) is 8.32. The van der Waals surface area contributed by atoms with Crippen LogP contribution in [-0.4, -0.2) is 44.8 Å². The summed E-state index contributed by atoms with van der Waals surface area (Å²) in [6.07, 6.45) is 9.63. The lowest BCUT2D eigenvalue weighted by molar-refractivity contribution is -0.160. The van der Waals surface area contributed by atoms with Gasteiger partial charge < -0.3 is 15.9 Å². The molecule has 24 heavy (non-hydrogen) atoms. The summed E-state index contributed by atoms with van der Waals surface area (Å²) in [4.78, 5) is 15.9. The normalized spacial score (nSPS) is 18.2. The van der Waals surface area contributed by atoms with Gasteiger partial charge in [-0.05, 0) is 49.1 Å². The summed E-state index contributed by atoms with van der Waals surface area (Å²) in [5.41, 5.74) is 6.82. The first kappa shape index (κ1) is 19.2. The monoisotopic (exact) mass is 352 g/mol. The largest absolute Gasteiger partial charge is 0.479 e. The number of hydrogen-bond donors (Lipinski definition) is 3. The fourth-order valence-electron chi connectivity index (χ4n) is 2.93. The Hall–Kier alpha value is -1.11. The third-order valence-corrected chi connectivity index (χ3v) is 5.50. The zero-order valence-electron chi connectivity index (χ0n) is 14.5. The number of carbonyl (C=O) groups is 1. The average molecular weight is 352 g/mol. The minimum atomic E-state index is -1.99. The van der Waals surface area contributed by atoms with E-state index in [0.29, 0.717) is 11.4 Å². The van der Waals surface area contributed by atoms with Crippen molar-refractivity contribution >= 4 is 17.7 Å². The smallest absolute Gasteiger partial charge is 0.337 e. The number of hydrogen-bond acceptors (Lipinski definition) is 5. The molecule has 0 bridgehead atoms. The van der Waals surface area contributed by atoms with Gasteiger partial charge in [-0.15, -0.1) is 0 Å². The van der Waals surface area contributed by atoms with Crippen molar-refractivity contribution in [1.29, 1.82) is 0 Å². The number of nitrogens with two attached hydrogens (primary N) is 1. The number of aliphatic carboxylic acids is 1. The molecule has 4 N–H and O–H groups in total. The quantitative estimate of drug-likeness (QED) is 0.597. The molecule has 1 unspecified atom stereocenters. The zero-order chi connectivity index (χ0) is 17.7. The highest BCUT2D eigenvalue weighted by Gasteiger charge is 2.42. The molecular formula is C18H28N2O3S. The molecule has 2 atom stereocenters. The van der Waals surface area contributed by atoms with Crippen LogP contribution in [0.4, 0.5) is 0 Å². The number of aryl methyl sites for hydroxylation is 2. The molecule has 0 aliphatic heterocycles. The van der Waals surface area contributed by atoms with E-state index in [4.69, 9.17) is 5.73 Å². The first-order chi connectivity index (χ1) is 11.4. The van der Waals surface area contributed by atoms with Crippen molar-refractivity contribution in [2.24, 2.45) is 11.7 Å². The molecule has 0 amide bonds. The maximum atomic E-state index is 11.6. The van der Waals surface area contributed by atoms with Crippen molar-refractivity contribution < 1.29 is 15.0 Å². The molecule has 1 heterocycles. The summed E-state index contributed by atoms with van der Waals surface area (Å²) >= 11 is 1.42. The van der Waals surface area contributed by atoms with Gasteiger partial charge in [-0.1, -0.05) is 19.3 Å². The molecule has 1 aromatic heterocycles. The number of aromatic nitrogens is 1. The van der Waals surface area contributed by atoms with E-state index in [1.807, 2.05) is 19.2 Å². The standard InChI is InChI=1S/C18H28N2O3S/c1-12-10-20-15(8-14(12)5-3-4-13-6-7-13)9-18(23,17(21)22)16(19)11-24-2/h8,10,13,16,23H,3-7,9,11,19H2,1-2H3,(H,21,22)/t16-,18?/m0/s1. The van der Waals surface area contributed by atoms with Gasteiger partial charge in [0.2, 0.25) is 0 Å². The summed E-state index contributed by atoms with van der Waals surface area (Å²) in [6, 6.07) is 1.09. The highest BCUT2D eigenvalue weighted by atomic mass is 32.2. The Kier molecular flexibility index (Phi) is 6.66. The fraction of sp³-hybridized carbons (Fsp3) is 0.667. The number of nitrogens with zero attached hydrogens (tertiary/aromatic N) is 1. The van der Waals surface area contributed by atoms with Gasteiger partial charge in [0.15, 0.2) is 5.60 Å². The van der Waals surface area contributed by atoms with E-state index in [9.17, 15) is 15.0 Å². The molecule has 2 rings (SSSR count). The van der Waals surface area contributed by atoms with Gasteiger partial charge in [-0.25, -0.2) is 4.79 Å². The molecular weight excluding hydrogens is 324 g/mol. The van der Waals surface area contributed by atoms with Crippen LogP contribution in [0.25, 0.3) is 0 Å². The Morgan fingerprint density at radius 3 is 2.83 bits per heavy atom. The van der Waals surface area contributed by atoms with Crippen LogP contribution in [0.3, 0.4) is 0 Å². The predicted molar refractivity (Wildman–Crippen MR) is 97.3 cm³/mol.